The molecule has 1 rings (SSSR count). The third kappa shape index (κ3) is 1.50. The highest BCUT2D eigenvalue weighted by molar-refractivity contribution is 5.35. The van der Waals surface area contributed by atoms with Crippen molar-refractivity contribution in [1.82, 2.24) is 5.32 Å². The Balaban J connectivity index is 2.79. The summed E-state index contributed by atoms with van der Waals surface area (Å²) in [5.41, 5.74) is 2.74. The van der Waals surface area contributed by atoms with Crippen LogP contribution in [0.15, 0.2) is 35.6 Å². The van der Waals surface area contributed by atoms with Crippen molar-refractivity contribution in [2.24, 2.45) is 0 Å². The molecule has 1 heteroatoms. The molecule has 0 bridgehead atoms. The van der Waals surface area contributed by atoms with E-state index in [1.54, 1.807) is 0 Å². The van der Waals surface area contributed by atoms with Crippen LogP contribution in [0.4, 0.5) is 0 Å². The Morgan fingerprint density at radius 2 is 2.40 bits per heavy atom. The van der Waals surface area contributed by atoms with Gasteiger partial charge in [0.15, 0.2) is 0 Å². The van der Waals surface area contributed by atoms with E-state index in [0.717, 1.165) is 6.54 Å². The molecule has 0 aliphatic carbocycles. The summed E-state index contributed by atoms with van der Waals surface area (Å²) in [4.78, 5) is 0. The molecule has 0 aromatic heterocycles. The van der Waals surface area contributed by atoms with E-state index < -0.39 is 0 Å². The molecule has 10 heavy (non-hydrogen) atoms. The van der Waals surface area contributed by atoms with E-state index in [1.165, 1.54) is 11.1 Å². The SMILES string of the molecule is C/C=C\C1=C(C)C=CNC1. The second-order valence-electron chi connectivity index (χ2n) is 2.42. The molecule has 0 amide bonds. The Morgan fingerprint density at radius 3 is 3.00 bits per heavy atom. The molecule has 0 aromatic carbocycles. The van der Waals surface area contributed by atoms with E-state index in [4.69, 9.17) is 0 Å². The van der Waals surface area contributed by atoms with Gasteiger partial charge in [-0.05, 0) is 37.3 Å². The first-order valence-corrected chi connectivity index (χ1v) is 3.57. The van der Waals surface area contributed by atoms with E-state index in [2.05, 4.69) is 30.5 Å². The van der Waals surface area contributed by atoms with Crippen molar-refractivity contribution in [1.29, 1.82) is 0 Å². The molecular formula is C9H13N. The van der Waals surface area contributed by atoms with Crippen molar-refractivity contribution >= 4 is 0 Å². The first kappa shape index (κ1) is 7.13. The number of dihydropyridines is 1. The van der Waals surface area contributed by atoms with Crippen LogP contribution in [0.2, 0.25) is 0 Å². The Kier molecular flexibility index (Phi) is 2.32. The molecule has 1 N–H and O–H groups in total. The summed E-state index contributed by atoms with van der Waals surface area (Å²) in [6.07, 6.45) is 8.30. The number of nitrogens with one attached hydrogen (secondary N) is 1. The first-order chi connectivity index (χ1) is 4.84. The Hall–Kier alpha value is -0.980. The highest BCUT2D eigenvalue weighted by atomic mass is 14.8. The maximum absolute atomic E-state index is 3.16. The summed E-state index contributed by atoms with van der Waals surface area (Å²) < 4.78 is 0. The Morgan fingerprint density at radius 1 is 1.60 bits per heavy atom. The summed E-state index contributed by atoms with van der Waals surface area (Å²) >= 11 is 0. The summed E-state index contributed by atoms with van der Waals surface area (Å²) in [5, 5.41) is 3.16. The van der Waals surface area contributed by atoms with E-state index in [-0.39, 0.29) is 0 Å². The summed E-state index contributed by atoms with van der Waals surface area (Å²) in [6.45, 7) is 5.14. The predicted molar refractivity (Wildman–Crippen MR) is 44.7 cm³/mol. The summed E-state index contributed by atoms with van der Waals surface area (Å²) in [7, 11) is 0. The van der Waals surface area contributed by atoms with Gasteiger partial charge in [-0.1, -0.05) is 12.2 Å². The van der Waals surface area contributed by atoms with Crippen molar-refractivity contribution in [3.05, 3.63) is 35.6 Å². The number of hydrogen-bond donors (Lipinski definition) is 1. The van der Waals surface area contributed by atoms with Crippen LogP contribution < -0.4 is 5.32 Å². The van der Waals surface area contributed by atoms with Crippen LogP contribution >= 0.6 is 0 Å². The van der Waals surface area contributed by atoms with Gasteiger partial charge in [0.2, 0.25) is 0 Å². The first-order valence-electron chi connectivity index (χ1n) is 3.57. The lowest BCUT2D eigenvalue weighted by Crippen LogP contribution is -2.13. The van der Waals surface area contributed by atoms with E-state index >= 15 is 0 Å². The van der Waals surface area contributed by atoms with Gasteiger partial charge < -0.3 is 5.32 Å². The minimum absolute atomic E-state index is 0.965. The van der Waals surface area contributed by atoms with Crippen LogP contribution in [0.25, 0.3) is 0 Å². The fourth-order valence-electron chi connectivity index (χ4n) is 0.991. The Bertz CT molecular complexity index is 197. The minimum atomic E-state index is 0.965. The second kappa shape index (κ2) is 3.25. The van der Waals surface area contributed by atoms with Crippen LogP contribution in [0.1, 0.15) is 13.8 Å². The fourth-order valence-corrected chi connectivity index (χ4v) is 0.991. The Labute approximate surface area is 62.1 Å². The van der Waals surface area contributed by atoms with E-state index in [0.29, 0.717) is 0 Å². The average molecular weight is 135 g/mol. The quantitative estimate of drug-likeness (QED) is 0.580. The number of hydrogen-bond acceptors (Lipinski definition) is 1. The molecule has 0 spiro atoms. The molecule has 0 fully saturated rings. The van der Waals surface area contributed by atoms with Gasteiger partial charge in [0.1, 0.15) is 0 Å². The summed E-state index contributed by atoms with van der Waals surface area (Å²) in [5.74, 6) is 0. The molecule has 0 saturated heterocycles. The molecular weight excluding hydrogens is 122 g/mol. The lowest BCUT2D eigenvalue weighted by molar-refractivity contribution is 0.924. The topological polar surface area (TPSA) is 12.0 Å². The third-order valence-electron chi connectivity index (χ3n) is 1.62. The molecule has 1 nitrogen and oxygen atoms in total. The van der Waals surface area contributed by atoms with Crippen molar-refractivity contribution in [2.75, 3.05) is 6.54 Å². The van der Waals surface area contributed by atoms with Gasteiger partial charge in [-0.3, -0.25) is 0 Å². The highest BCUT2D eigenvalue weighted by Crippen LogP contribution is 2.09. The van der Waals surface area contributed by atoms with E-state index in [1.807, 2.05) is 13.1 Å². The zero-order valence-corrected chi connectivity index (χ0v) is 6.52. The van der Waals surface area contributed by atoms with Crippen molar-refractivity contribution in [2.45, 2.75) is 13.8 Å². The van der Waals surface area contributed by atoms with Crippen molar-refractivity contribution in [3.8, 4) is 0 Å². The second-order valence-corrected chi connectivity index (χ2v) is 2.42. The molecule has 0 saturated carbocycles. The molecule has 1 aliphatic heterocycles. The predicted octanol–water partition coefficient (Wildman–Crippen LogP) is 2.00. The monoisotopic (exact) mass is 135 g/mol. The highest BCUT2D eigenvalue weighted by Gasteiger charge is 1.98. The van der Waals surface area contributed by atoms with Crippen molar-refractivity contribution < 1.29 is 0 Å². The van der Waals surface area contributed by atoms with Crippen LogP contribution in [0.3, 0.4) is 0 Å². The van der Waals surface area contributed by atoms with Gasteiger partial charge in [0.05, 0.1) is 0 Å². The summed E-state index contributed by atoms with van der Waals surface area (Å²) in [6, 6.07) is 0. The van der Waals surface area contributed by atoms with Crippen LogP contribution in [0.5, 0.6) is 0 Å². The molecule has 0 unspecified atom stereocenters. The average Bonchev–Trinajstić information content (AvgIpc) is 1.94. The lowest BCUT2D eigenvalue weighted by atomic mass is 10.1. The molecule has 0 aromatic rings. The zero-order valence-electron chi connectivity index (χ0n) is 6.52. The van der Waals surface area contributed by atoms with Crippen LogP contribution in [-0.4, -0.2) is 6.54 Å². The largest absolute Gasteiger partial charge is 0.387 e. The van der Waals surface area contributed by atoms with Crippen LogP contribution in [0, 0.1) is 0 Å². The standard InChI is InChI=1S/C9H13N/c1-3-4-9-7-10-6-5-8(9)2/h3-6,10H,7H2,1-2H3/b4-3-. The van der Waals surface area contributed by atoms with Gasteiger partial charge in [-0.15, -0.1) is 0 Å². The number of allylic oxidation sites excluding steroid dienone is 3. The fraction of sp³-hybridized carbons (Fsp3) is 0.333. The molecule has 1 aliphatic rings. The van der Waals surface area contributed by atoms with Gasteiger partial charge in [0, 0.05) is 6.54 Å². The van der Waals surface area contributed by atoms with Gasteiger partial charge in [-0.25, -0.2) is 0 Å². The smallest absolute Gasteiger partial charge is 0.0397 e. The maximum atomic E-state index is 3.16. The number of rotatable bonds is 1. The van der Waals surface area contributed by atoms with Crippen LogP contribution in [-0.2, 0) is 0 Å². The normalized spacial score (nSPS) is 18.2. The zero-order chi connectivity index (χ0) is 7.40. The van der Waals surface area contributed by atoms with Gasteiger partial charge in [-0.2, -0.15) is 0 Å². The maximum Gasteiger partial charge on any atom is 0.0397 e. The van der Waals surface area contributed by atoms with Gasteiger partial charge >= 0.3 is 0 Å². The molecule has 54 valence electrons. The van der Waals surface area contributed by atoms with Crippen molar-refractivity contribution in [3.63, 3.8) is 0 Å². The lowest BCUT2D eigenvalue weighted by Gasteiger charge is -2.10. The molecule has 0 atom stereocenters. The van der Waals surface area contributed by atoms with E-state index in [9.17, 15) is 0 Å². The molecule has 0 radical (unpaired) electrons. The third-order valence-corrected chi connectivity index (χ3v) is 1.62. The molecule has 1 heterocycles. The van der Waals surface area contributed by atoms with Gasteiger partial charge in [0.25, 0.3) is 0 Å². The minimum Gasteiger partial charge on any atom is -0.387 e.